The van der Waals surface area contributed by atoms with Crippen molar-refractivity contribution in [2.24, 2.45) is 0 Å². The molecule has 61 heavy (non-hydrogen) atoms. The number of carbonyl (C=O) groups is 3. The zero-order chi connectivity index (χ0) is 44.9. The predicted molar refractivity (Wildman–Crippen MR) is 256 cm³/mol. The van der Waals surface area contributed by atoms with Gasteiger partial charge in [-0.3, -0.25) is 9.59 Å². The Balaban J connectivity index is 4.37. The number of quaternary nitrogens is 1. The number of aliphatic carboxylic acids is 1. The number of allylic oxidation sites excluding steroid dienone is 18. The van der Waals surface area contributed by atoms with Crippen molar-refractivity contribution in [2.45, 2.75) is 167 Å². The minimum absolute atomic E-state index is 0.0387. The Kier molecular flexibility index (Phi) is 39.9. The van der Waals surface area contributed by atoms with Gasteiger partial charge in [0.15, 0.2) is 12.1 Å². The number of hydrogen-bond donors (Lipinski definition) is 1. The van der Waals surface area contributed by atoms with Crippen LogP contribution in [0.5, 0.6) is 0 Å². The standard InChI is InChI=1S/C53H85NO7/c1-6-8-10-12-14-16-18-20-22-23-24-25-26-27-28-30-31-33-35-37-39-41-43-51(55)60-48-49(47-59-46-45-50(53(57)58)54(3,4)5)61-52(56)44-42-40-38-36-34-32-29-21-19-17-15-13-11-9-7-2/h8-11,13-17,19-22,24-25,27-29,49-50H,6-7,12,18,23,26,30-48H2,1-5H3/p+1/b10-8+,11-9+,15-13+,16-14+,19-17+,22-20+,25-24+,28-27+,29-21+. The molecule has 0 aliphatic rings. The van der Waals surface area contributed by atoms with E-state index >= 15 is 0 Å². The Bertz CT molecular complexity index is 1360. The molecule has 0 fully saturated rings. The fourth-order valence-corrected chi connectivity index (χ4v) is 6.19. The van der Waals surface area contributed by atoms with Crippen LogP contribution in [-0.4, -0.2) is 80.6 Å². The number of esters is 2. The van der Waals surface area contributed by atoms with Crippen LogP contribution in [0.25, 0.3) is 0 Å². The Morgan fingerprint density at radius 1 is 0.508 bits per heavy atom. The maximum Gasteiger partial charge on any atom is 0.362 e. The van der Waals surface area contributed by atoms with Gasteiger partial charge >= 0.3 is 17.9 Å². The number of carboxylic acids is 1. The summed E-state index contributed by atoms with van der Waals surface area (Å²) in [5, 5.41) is 9.63. The lowest BCUT2D eigenvalue weighted by Crippen LogP contribution is -2.50. The number of nitrogens with zero attached hydrogens (tertiary/aromatic N) is 1. The van der Waals surface area contributed by atoms with Crippen molar-refractivity contribution in [3.05, 3.63) is 109 Å². The van der Waals surface area contributed by atoms with Crippen LogP contribution < -0.4 is 0 Å². The van der Waals surface area contributed by atoms with Crippen LogP contribution in [-0.2, 0) is 28.6 Å². The summed E-state index contributed by atoms with van der Waals surface area (Å²) >= 11 is 0. The zero-order valence-electron chi connectivity index (χ0n) is 39.1. The molecule has 0 aromatic heterocycles. The molecule has 344 valence electrons. The average molecular weight is 849 g/mol. The molecule has 0 aliphatic carbocycles. The molecule has 0 heterocycles. The molecule has 0 amide bonds. The van der Waals surface area contributed by atoms with Gasteiger partial charge < -0.3 is 23.8 Å². The highest BCUT2D eigenvalue weighted by molar-refractivity contribution is 5.72. The molecular weight excluding hydrogens is 763 g/mol. The van der Waals surface area contributed by atoms with Crippen molar-refractivity contribution >= 4 is 17.9 Å². The first-order valence-corrected chi connectivity index (χ1v) is 23.5. The molecule has 2 unspecified atom stereocenters. The summed E-state index contributed by atoms with van der Waals surface area (Å²) in [4.78, 5) is 37.1. The third-order valence-corrected chi connectivity index (χ3v) is 9.76. The van der Waals surface area contributed by atoms with E-state index in [0.717, 1.165) is 109 Å². The van der Waals surface area contributed by atoms with Crippen LogP contribution in [0.1, 0.15) is 155 Å². The summed E-state index contributed by atoms with van der Waals surface area (Å²) in [6, 6.07) is -0.629. The summed E-state index contributed by atoms with van der Waals surface area (Å²) < 4.78 is 17.3. The number of unbranched alkanes of at least 4 members (excludes halogenated alkanes) is 11. The summed E-state index contributed by atoms with van der Waals surface area (Å²) in [7, 11) is 5.50. The zero-order valence-corrected chi connectivity index (χ0v) is 39.1. The number of carboxylic acid groups (broad SMARTS) is 1. The number of hydrogen-bond acceptors (Lipinski definition) is 6. The molecule has 1 N–H and O–H groups in total. The summed E-state index contributed by atoms with van der Waals surface area (Å²) in [5.41, 5.74) is 0. The van der Waals surface area contributed by atoms with Gasteiger partial charge in [0.05, 0.1) is 34.4 Å². The van der Waals surface area contributed by atoms with Gasteiger partial charge in [0.1, 0.15) is 6.61 Å². The lowest BCUT2D eigenvalue weighted by Gasteiger charge is -2.31. The number of rotatable bonds is 40. The normalized spacial score (nSPS) is 13.9. The Hall–Kier alpha value is -4.01. The summed E-state index contributed by atoms with van der Waals surface area (Å²) in [6.45, 7) is 4.42. The first-order chi connectivity index (χ1) is 29.6. The molecule has 0 rings (SSSR count). The molecule has 2 atom stereocenters. The molecular formula is C53H86NO7+. The number of carbonyl (C=O) groups excluding carboxylic acids is 2. The molecule has 0 aromatic rings. The largest absolute Gasteiger partial charge is 0.477 e. The first kappa shape index (κ1) is 57.0. The number of ether oxygens (including phenoxy) is 3. The molecule has 0 radical (unpaired) electrons. The molecule has 0 spiro atoms. The van der Waals surface area contributed by atoms with Crippen LogP contribution in [0.4, 0.5) is 0 Å². The SMILES string of the molecule is CC/C=C/C=C/C=C/C=C/CCCCCCCC(=O)OC(COCCC(C(=O)O)[N+](C)(C)C)COC(=O)CCCCCCCC/C=C/C/C=C/C/C=C/C/C=C/C/C=C/CC. The van der Waals surface area contributed by atoms with Crippen molar-refractivity contribution < 1.29 is 38.2 Å². The Morgan fingerprint density at radius 3 is 1.48 bits per heavy atom. The second kappa shape index (κ2) is 42.7. The van der Waals surface area contributed by atoms with Crippen LogP contribution in [0.3, 0.4) is 0 Å². The fraction of sp³-hybridized carbons (Fsp3) is 0.604. The van der Waals surface area contributed by atoms with E-state index < -0.39 is 18.1 Å². The van der Waals surface area contributed by atoms with Gasteiger partial charge in [-0.1, -0.05) is 168 Å². The highest BCUT2D eigenvalue weighted by atomic mass is 16.6. The maximum atomic E-state index is 12.7. The van der Waals surface area contributed by atoms with E-state index in [4.69, 9.17) is 14.2 Å². The molecule has 0 aromatic carbocycles. The second-order valence-corrected chi connectivity index (χ2v) is 16.3. The topological polar surface area (TPSA) is 99.1 Å². The Labute approximate surface area is 372 Å². The third kappa shape index (κ3) is 41.1. The van der Waals surface area contributed by atoms with Gasteiger partial charge in [0, 0.05) is 19.3 Å². The Morgan fingerprint density at radius 2 is 0.951 bits per heavy atom. The molecule has 0 bridgehead atoms. The average Bonchev–Trinajstić information content (AvgIpc) is 3.22. The lowest BCUT2D eigenvalue weighted by molar-refractivity contribution is -0.887. The minimum Gasteiger partial charge on any atom is -0.477 e. The van der Waals surface area contributed by atoms with E-state index in [1.807, 2.05) is 51.5 Å². The summed E-state index contributed by atoms with van der Waals surface area (Å²) in [6.07, 6.45) is 58.4. The quantitative estimate of drug-likeness (QED) is 0.0215. The van der Waals surface area contributed by atoms with E-state index in [1.165, 1.54) is 12.8 Å². The molecule has 0 saturated carbocycles. The molecule has 8 heteroatoms. The van der Waals surface area contributed by atoms with Gasteiger partial charge in [-0.25, -0.2) is 4.79 Å². The smallest absolute Gasteiger partial charge is 0.362 e. The van der Waals surface area contributed by atoms with Crippen LogP contribution >= 0.6 is 0 Å². The van der Waals surface area contributed by atoms with Crippen LogP contribution in [0, 0.1) is 0 Å². The summed E-state index contributed by atoms with van der Waals surface area (Å²) in [5.74, 6) is -1.53. The van der Waals surface area contributed by atoms with Crippen molar-refractivity contribution in [2.75, 3.05) is 41.0 Å². The van der Waals surface area contributed by atoms with Gasteiger partial charge in [0.2, 0.25) is 0 Å². The van der Waals surface area contributed by atoms with Crippen LogP contribution in [0.2, 0.25) is 0 Å². The van der Waals surface area contributed by atoms with Crippen molar-refractivity contribution in [3.8, 4) is 0 Å². The fourth-order valence-electron chi connectivity index (χ4n) is 6.19. The van der Waals surface area contributed by atoms with E-state index in [0.29, 0.717) is 19.3 Å². The molecule has 0 aliphatic heterocycles. The number of likely N-dealkylation sites (N-methyl/N-ethyl adjacent to an activating group) is 1. The second-order valence-electron chi connectivity index (χ2n) is 16.3. The van der Waals surface area contributed by atoms with E-state index in [9.17, 15) is 19.5 Å². The van der Waals surface area contributed by atoms with Gasteiger partial charge in [-0.2, -0.15) is 0 Å². The maximum absolute atomic E-state index is 12.7. The molecule has 8 nitrogen and oxygen atoms in total. The van der Waals surface area contributed by atoms with E-state index in [2.05, 4.69) is 92.8 Å². The lowest BCUT2D eigenvalue weighted by atomic mass is 10.1. The van der Waals surface area contributed by atoms with Crippen molar-refractivity contribution in [1.82, 2.24) is 0 Å². The monoisotopic (exact) mass is 849 g/mol. The van der Waals surface area contributed by atoms with Gasteiger partial charge in [-0.15, -0.1) is 0 Å². The highest BCUT2D eigenvalue weighted by Gasteiger charge is 2.31. The minimum atomic E-state index is -0.887. The van der Waals surface area contributed by atoms with Gasteiger partial charge in [0.25, 0.3) is 0 Å². The third-order valence-electron chi connectivity index (χ3n) is 9.76. The van der Waals surface area contributed by atoms with Crippen molar-refractivity contribution in [1.29, 1.82) is 0 Å². The van der Waals surface area contributed by atoms with Crippen molar-refractivity contribution in [3.63, 3.8) is 0 Å². The predicted octanol–water partition coefficient (Wildman–Crippen LogP) is 13.2. The van der Waals surface area contributed by atoms with E-state index in [-0.39, 0.29) is 36.2 Å². The van der Waals surface area contributed by atoms with Gasteiger partial charge in [-0.05, 0) is 77.0 Å². The molecule has 0 saturated heterocycles. The van der Waals surface area contributed by atoms with E-state index in [1.54, 1.807) is 0 Å². The highest BCUT2D eigenvalue weighted by Crippen LogP contribution is 2.13. The first-order valence-electron chi connectivity index (χ1n) is 23.5. The van der Waals surface area contributed by atoms with Crippen LogP contribution in [0.15, 0.2) is 109 Å².